The van der Waals surface area contributed by atoms with Gasteiger partial charge in [-0.15, -0.1) is 10.2 Å². The van der Waals surface area contributed by atoms with Gasteiger partial charge < -0.3 is 20.4 Å². The Morgan fingerprint density at radius 3 is 2.59 bits per heavy atom. The Bertz CT molecular complexity index is 716. The van der Waals surface area contributed by atoms with Crippen molar-refractivity contribution < 1.29 is 27.8 Å². The maximum atomic E-state index is 11.9. The van der Waals surface area contributed by atoms with Crippen molar-refractivity contribution in [3.8, 4) is 0 Å². The number of aliphatic carboxylic acids is 1. The zero-order valence-electron chi connectivity index (χ0n) is 15.2. The van der Waals surface area contributed by atoms with E-state index in [1.54, 1.807) is 0 Å². The molecule has 0 saturated heterocycles. The van der Waals surface area contributed by atoms with Gasteiger partial charge in [-0.25, -0.2) is 0 Å². The Morgan fingerprint density at radius 1 is 1.33 bits per heavy atom. The second-order valence-corrected chi connectivity index (χ2v) is 8.41. The zero-order valence-corrected chi connectivity index (χ0v) is 16.0. The van der Waals surface area contributed by atoms with E-state index in [0.717, 1.165) is 19.3 Å². The predicted molar refractivity (Wildman–Crippen MR) is 94.4 cm³/mol. The number of nitrogens with two attached hydrogens (primary N) is 1. The molecule has 1 aromatic rings. The first kappa shape index (κ1) is 21.7. The molecule has 0 bridgehead atoms. The van der Waals surface area contributed by atoms with E-state index in [1.165, 1.54) is 26.2 Å². The zero-order chi connectivity index (χ0) is 20.0. The highest BCUT2D eigenvalue weighted by molar-refractivity contribution is 7.87. The molecular weight excluding hydrogens is 378 g/mol. The number of carboxylic acid groups (broad SMARTS) is 1. The lowest BCUT2D eigenvalue weighted by atomic mass is 9.85. The van der Waals surface area contributed by atoms with E-state index in [9.17, 15) is 18.3 Å². The van der Waals surface area contributed by atoms with Crippen LogP contribution in [-0.4, -0.2) is 46.9 Å². The fourth-order valence-electron chi connectivity index (χ4n) is 3.09. The SMILES string of the molecule is CC(O)C(NS(=O)(=O)NCc1nnc(C(N)CC2CCCCC2)o1)C(=O)O. The number of aliphatic hydroxyl groups is 1. The summed E-state index contributed by atoms with van der Waals surface area (Å²) in [7, 11) is -4.20. The van der Waals surface area contributed by atoms with E-state index in [2.05, 4.69) is 14.9 Å². The fraction of sp³-hybridized carbons (Fsp3) is 0.800. The summed E-state index contributed by atoms with van der Waals surface area (Å²) in [6.45, 7) is 0.837. The van der Waals surface area contributed by atoms with Gasteiger partial charge in [0.05, 0.1) is 18.7 Å². The van der Waals surface area contributed by atoms with Gasteiger partial charge in [-0.2, -0.15) is 17.9 Å². The molecule has 12 heteroatoms. The van der Waals surface area contributed by atoms with Crippen LogP contribution in [0.25, 0.3) is 0 Å². The lowest BCUT2D eigenvalue weighted by Gasteiger charge is -2.23. The second kappa shape index (κ2) is 9.55. The molecule has 1 fully saturated rings. The first-order valence-corrected chi connectivity index (χ1v) is 10.4. The molecule has 27 heavy (non-hydrogen) atoms. The minimum atomic E-state index is -4.20. The quantitative estimate of drug-likeness (QED) is 0.352. The Labute approximate surface area is 157 Å². The summed E-state index contributed by atoms with van der Waals surface area (Å²) in [4.78, 5) is 11.0. The van der Waals surface area contributed by atoms with Crippen LogP contribution in [0.3, 0.4) is 0 Å². The molecule has 1 saturated carbocycles. The average molecular weight is 405 g/mol. The number of carboxylic acids is 1. The van der Waals surface area contributed by atoms with Gasteiger partial charge in [-0.1, -0.05) is 32.1 Å². The standard InChI is InChI=1S/C15H27N5O6S/c1-9(21)13(15(22)23)20-27(24,25)17-8-12-18-19-14(26-12)11(16)7-10-5-3-2-4-6-10/h9-11,13,17,20-21H,2-8,16H2,1H3,(H,22,23). The number of rotatable bonds is 10. The molecule has 0 aliphatic heterocycles. The van der Waals surface area contributed by atoms with Crippen LogP contribution in [0.2, 0.25) is 0 Å². The highest BCUT2D eigenvalue weighted by atomic mass is 32.2. The van der Waals surface area contributed by atoms with Crippen molar-refractivity contribution in [3.63, 3.8) is 0 Å². The van der Waals surface area contributed by atoms with Crippen LogP contribution in [0.15, 0.2) is 4.42 Å². The molecule has 1 heterocycles. The second-order valence-electron chi connectivity index (χ2n) is 6.88. The van der Waals surface area contributed by atoms with Crippen molar-refractivity contribution in [2.75, 3.05) is 0 Å². The van der Waals surface area contributed by atoms with E-state index >= 15 is 0 Å². The van der Waals surface area contributed by atoms with Gasteiger partial charge in [-0.3, -0.25) is 4.79 Å². The van der Waals surface area contributed by atoms with Crippen LogP contribution < -0.4 is 15.2 Å². The lowest BCUT2D eigenvalue weighted by molar-refractivity contribution is -0.141. The summed E-state index contributed by atoms with van der Waals surface area (Å²) in [6, 6.07) is -2.08. The maximum absolute atomic E-state index is 11.9. The summed E-state index contributed by atoms with van der Waals surface area (Å²) in [6.07, 6.45) is 5.25. The van der Waals surface area contributed by atoms with Crippen molar-refractivity contribution in [1.29, 1.82) is 0 Å². The average Bonchev–Trinajstić information content (AvgIpc) is 3.08. The number of hydrogen-bond acceptors (Lipinski definition) is 8. The topological polar surface area (TPSA) is 181 Å². The van der Waals surface area contributed by atoms with E-state index in [4.69, 9.17) is 15.3 Å². The summed E-state index contributed by atoms with van der Waals surface area (Å²) in [5, 5.41) is 25.9. The van der Waals surface area contributed by atoms with Gasteiger partial charge in [0.15, 0.2) is 0 Å². The number of aromatic nitrogens is 2. The van der Waals surface area contributed by atoms with Crippen LogP contribution in [0.1, 0.15) is 63.3 Å². The lowest BCUT2D eigenvalue weighted by Crippen LogP contribution is -2.51. The molecule has 2 rings (SSSR count). The van der Waals surface area contributed by atoms with Crippen molar-refractivity contribution in [2.24, 2.45) is 11.7 Å². The molecule has 154 valence electrons. The van der Waals surface area contributed by atoms with Gasteiger partial charge in [-0.05, 0) is 19.3 Å². The summed E-state index contributed by atoms with van der Waals surface area (Å²) >= 11 is 0. The molecule has 0 aromatic carbocycles. The largest absolute Gasteiger partial charge is 0.480 e. The monoisotopic (exact) mass is 405 g/mol. The Hall–Kier alpha value is -1.60. The van der Waals surface area contributed by atoms with Crippen molar-refractivity contribution in [1.82, 2.24) is 19.6 Å². The van der Waals surface area contributed by atoms with E-state index < -0.39 is 34.4 Å². The van der Waals surface area contributed by atoms with Gasteiger partial charge in [0.25, 0.3) is 10.2 Å². The molecule has 11 nitrogen and oxygen atoms in total. The molecule has 6 N–H and O–H groups in total. The molecule has 1 aromatic heterocycles. The van der Waals surface area contributed by atoms with Crippen LogP contribution in [0.5, 0.6) is 0 Å². The smallest absolute Gasteiger partial charge is 0.324 e. The number of carbonyl (C=O) groups is 1. The van der Waals surface area contributed by atoms with Gasteiger partial charge in [0, 0.05) is 0 Å². The molecule has 1 aliphatic rings. The first-order valence-electron chi connectivity index (χ1n) is 8.93. The van der Waals surface area contributed by atoms with Gasteiger partial charge in [0.2, 0.25) is 11.8 Å². The van der Waals surface area contributed by atoms with Crippen LogP contribution >= 0.6 is 0 Å². The number of hydrogen-bond donors (Lipinski definition) is 5. The highest BCUT2D eigenvalue weighted by Gasteiger charge is 2.28. The number of aliphatic hydroxyl groups excluding tert-OH is 1. The molecule has 0 spiro atoms. The number of nitrogens with zero attached hydrogens (tertiary/aromatic N) is 2. The third-order valence-corrected chi connectivity index (χ3v) is 5.64. The van der Waals surface area contributed by atoms with E-state index in [0.29, 0.717) is 5.92 Å². The molecule has 1 aliphatic carbocycles. The van der Waals surface area contributed by atoms with Crippen LogP contribution in [0.4, 0.5) is 0 Å². The highest BCUT2D eigenvalue weighted by Crippen LogP contribution is 2.30. The fourth-order valence-corrected chi connectivity index (χ4v) is 4.12. The predicted octanol–water partition coefficient (Wildman–Crippen LogP) is -0.202. The summed E-state index contributed by atoms with van der Waals surface area (Å²) in [5.74, 6) is -0.710. The first-order chi connectivity index (χ1) is 12.7. The summed E-state index contributed by atoms with van der Waals surface area (Å²) < 4.78 is 33.2. The Balaban J connectivity index is 1.88. The molecule has 0 radical (unpaired) electrons. The van der Waals surface area contributed by atoms with Crippen LogP contribution in [-0.2, 0) is 21.5 Å². The van der Waals surface area contributed by atoms with E-state index in [-0.39, 0.29) is 18.3 Å². The Morgan fingerprint density at radius 2 is 2.00 bits per heavy atom. The summed E-state index contributed by atoms with van der Waals surface area (Å²) in [5.41, 5.74) is 6.11. The molecular formula is C15H27N5O6S. The Kier molecular flexibility index (Phi) is 7.68. The minimum Gasteiger partial charge on any atom is -0.480 e. The third kappa shape index (κ3) is 6.81. The minimum absolute atomic E-state index is 0.0124. The third-order valence-electron chi connectivity index (χ3n) is 4.56. The van der Waals surface area contributed by atoms with E-state index in [1.807, 2.05) is 4.72 Å². The molecule has 3 atom stereocenters. The maximum Gasteiger partial charge on any atom is 0.324 e. The molecule has 3 unspecified atom stereocenters. The van der Waals surface area contributed by atoms with Gasteiger partial charge in [0.1, 0.15) is 6.04 Å². The van der Waals surface area contributed by atoms with Crippen molar-refractivity contribution in [2.45, 2.75) is 70.2 Å². The van der Waals surface area contributed by atoms with Crippen molar-refractivity contribution in [3.05, 3.63) is 11.8 Å². The normalized spacial score (nSPS) is 19.5. The molecule has 0 amide bonds. The number of nitrogens with one attached hydrogen (secondary N) is 2. The van der Waals surface area contributed by atoms with Crippen molar-refractivity contribution >= 4 is 16.2 Å². The van der Waals surface area contributed by atoms with Gasteiger partial charge >= 0.3 is 5.97 Å². The van der Waals surface area contributed by atoms with Crippen LogP contribution in [0, 0.1) is 5.92 Å².